The minimum atomic E-state index is -0.310. The molecular formula is C30H33N5O3. The third kappa shape index (κ3) is 4.66. The van der Waals surface area contributed by atoms with Crippen LogP contribution in [-0.4, -0.2) is 50.4 Å². The van der Waals surface area contributed by atoms with E-state index in [0.717, 1.165) is 57.6 Å². The molecule has 1 aliphatic heterocycles. The quantitative estimate of drug-likeness (QED) is 0.350. The van der Waals surface area contributed by atoms with E-state index >= 15 is 0 Å². The molecule has 0 N–H and O–H groups in total. The molecular weight excluding hydrogens is 478 g/mol. The highest BCUT2D eigenvalue weighted by Crippen LogP contribution is 2.34. The maximum absolute atomic E-state index is 13.3. The van der Waals surface area contributed by atoms with Crippen LogP contribution in [0.1, 0.15) is 68.8 Å². The molecule has 1 amide bonds. The third-order valence-corrected chi connectivity index (χ3v) is 7.74. The molecule has 8 heteroatoms. The zero-order chi connectivity index (χ0) is 27.0. The highest BCUT2D eigenvalue weighted by atomic mass is 16.5. The number of ether oxygens (including phenoxy) is 1. The van der Waals surface area contributed by atoms with Crippen molar-refractivity contribution in [3.05, 3.63) is 87.2 Å². The van der Waals surface area contributed by atoms with Crippen molar-refractivity contribution in [3.8, 4) is 0 Å². The van der Waals surface area contributed by atoms with E-state index in [1.807, 2.05) is 73.7 Å². The molecule has 0 saturated carbocycles. The molecule has 2 aromatic carbocycles. The lowest BCUT2D eigenvalue weighted by molar-refractivity contribution is -0.140. The van der Waals surface area contributed by atoms with E-state index in [0.29, 0.717) is 18.7 Å². The number of methoxy groups -OCH3 is 1. The lowest BCUT2D eigenvalue weighted by Gasteiger charge is -2.29. The van der Waals surface area contributed by atoms with Crippen LogP contribution in [0.2, 0.25) is 0 Å². The second kappa shape index (κ2) is 10.4. The number of pyridine rings is 1. The fourth-order valence-electron chi connectivity index (χ4n) is 5.27. The van der Waals surface area contributed by atoms with E-state index in [1.165, 1.54) is 12.7 Å². The Morgan fingerprint density at radius 1 is 1.05 bits per heavy atom. The molecule has 2 aromatic heterocycles. The second-order valence-corrected chi connectivity index (χ2v) is 10.0. The summed E-state index contributed by atoms with van der Waals surface area (Å²) >= 11 is 0. The molecule has 1 atom stereocenters. The van der Waals surface area contributed by atoms with Crippen molar-refractivity contribution < 1.29 is 14.3 Å². The number of fused-ring (bicyclic) bond motifs is 2. The molecule has 0 fully saturated rings. The summed E-state index contributed by atoms with van der Waals surface area (Å²) in [5.74, 6) is -0.607. The van der Waals surface area contributed by atoms with Crippen LogP contribution in [0, 0.1) is 20.8 Å². The fraction of sp³-hybridized carbons (Fsp3) is 0.367. The first-order valence-corrected chi connectivity index (χ1v) is 13.1. The minimum Gasteiger partial charge on any atom is -0.469 e. The number of benzene rings is 2. The topological polar surface area (TPSA) is 90.2 Å². The van der Waals surface area contributed by atoms with Crippen molar-refractivity contribution in [2.45, 2.75) is 59.5 Å². The van der Waals surface area contributed by atoms with Crippen LogP contribution in [0.3, 0.4) is 0 Å². The zero-order valence-corrected chi connectivity index (χ0v) is 22.6. The number of amides is 1. The van der Waals surface area contributed by atoms with Gasteiger partial charge in [0.1, 0.15) is 5.52 Å². The minimum absolute atomic E-state index is 0.0115. The summed E-state index contributed by atoms with van der Waals surface area (Å²) in [5.41, 5.74) is 9.47. The Morgan fingerprint density at radius 3 is 2.61 bits per heavy atom. The van der Waals surface area contributed by atoms with Crippen molar-refractivity contribution >= 4 is 22.9 Å². The number of carbonyl (C=O) groups excluding carboxylic acids is 2. The van der Waals surface area contributed by atoms with Crippen molar-refractivity contribution in [3.63, 3.8) is 0 Å². The first-order chi connectivity index (χ1) is 18.3. The Morgan fingerprint density at radius 2 is 1.87 bits per heavy atom. The number of hydrogen-bond donors (Lipinski definition) is 0. The van der Waals surface area contributed by atoms with E-state index < -0.39 is 0 Å². The summed E-state index contributed by atoms with van der Waals surface area (Å²) in [4.78, 5) is 32.7. The predicted molar refractivity (Wildman–Crippen MR) is 145 cm³/mol. The molecule has 196 valence electrons. The number of rotatable bonds is 6. The van der Waals surface area contributed by atoms with E-state index in [2.05, 4.69) is 16.4 Å². The summed E-state index contributed by atoms with van der Waals surface area (Å²) in [7, 11) is 1.40. The summed E-state index contributed by atoms with van der Waals surface area (Å²) in [5, 5.41) is 8.66. The van der Waals surface area contributed by atoms with Crippen LogP contribution >= 0.6 is 0 Å². The standard InChI is InChI=1S/C30H33N5O3/c1-6-35-27-12-10-23(20(4)29(27)32-33-35)24(16-28(36)38-5)25-11-9-21-13-14-34(17-26(21)31-25)30(37)22-8-7-18(2)19(3)15-22/h7-12,15,24H,6,13-14,16-17H2,1-5H3/t24-/m1/s1. The summed E-state index contributed by atoms with van der Waals surface area (Å²) in [6.07, 6.45) is 0.897. The molecule has 0 radical (unpaired) electrons. The lowest BCUT2D eigenvalue weighted by atomic mass is 9.87. The number of carbonyl (C=O) groups is 2. The maximum atomic E-state index is 13.3. The number of hydrogen-bond acceptors (Lipinski definition) is 6. The number of aromatic nitrogens is 4. The molecule has 0 aliphatic carbocycles. The van der Waals surface area contributed by atoms with Gasteiger partial charge in [-0.25, -0.2) is 4.68 Å². The van der Waals surface area contributed by atoms with E-state index in [-0.39, 0.29) is 24.2 Å². The van der Waals surface area contributed by atoms with Gasteiger partial charge in [0.25, 0.3) is 5.91 Å². The van der Waals surface area contributed by atoms with Crippen molar-refractivity contribution in [1.29, 1.82) is 0 Å². The lowest BCUT2D eigenvalue weighted by Crippen LogP contribution is -2.36. The van der Waals surface area contributed by atoms with Gasteiger partial charge in [-0.2, -0.15) is 0 Å². The molecule has 0 saturated heterocycles. The maximum Gasteiger partial charge on any atom is 0.306 e. The van der Waals surface area contributed by atoms with Crippen LogP contribution in [0.4, 0.5) is 0 Å². The van der Waals surface area contributed by atoms with Crippen molar-refractivity contribution in [2.75, 3.05) is 13.7 Å². The highest BCUT2D eigenvalue weighted by Gasteiger charge is 2.27. The summed E-state index contributed by atoms with van der Waals surface area (Å²) in [6, 6.07) is 14.0. The first kappa shape index (κ1) is 25.6. The van der Waals surface area contributed by atoms with Crippen LogP contribution in [0.25, 0.3) is 11.0 Å². The van der Waals surface area contributed by atoms with Gasteiger partial charge < -0.3 is 9.64 Å². The van der Waals surface area contributed by atoms with Gasteiger partial charge in [-0.3, -0.25) is 14.6 Å². The second-order valence-electron chi connectivity index (χ2n) is 10.0. The molecule has 1 aliphatic rings. The fourth-order valence-corrected chi connectivity index (χ4v) is 5.27. The summed E-state index contributed by atoms with van der Waals surface area (Å²) < 4.78 is 6.91. The molecule has 0 unspecified atom stereocenters. The Labute approximate surface area is 222 Å². The normalized spacial score (nSPS) is 13.9. The average molecular weight is 512 g/mol. The first-order valence-electron chi connectivity index (χ1n) is 13.1. The largest absolute Gasteiger partial charge is 0.469 e. The highest BCUT2D eigenvalue weighted by molar-refractivity contribution is 5.94. The number of esters is 1. The van der Waals surface area contributed by atoms with E-state index in [9.17, 15) is 9.59 Å². The molecule has 3 heterocycles. The Bertz CT molecular complexity index is 1540. The molecule has 5 rings (SSSR count). The van der Waals surface area contributed by atoms with E-state index in [4.69, 9.17) is 9.72 Å². The molecule has 38 heavy (non-hydrogen) atoms. The zero-order valence-electron chi connectivity index (χ0n) is 22.6. The predicted octanol–water partition coefficient (Wildman–Crippen LogP) is 4.66. The Balaban J connectivity index is 1.50. The number of nitrogens with zero attached hydrogens (tertiary/aromatic N) is 5. The SMILES string of the molecule is CCn1nnc2c(C)c([C@@H](CC(=O)OC)c3ccc4c(n3)CN(C(=O)c3ccc(C)c(C)c3)CC4)ccc21. The smallest absolute Gasteiger partial charge is 0.306 e. The number of aryl methyl sites for hydroxylation is 4. The molecule has 0 spiro atoms. The van der Waals surface area contributed by atoms with Crippen LogP contribution in [-0.2, 0) is 29.0 Å². The van der Waals surface area contributed by atoms with Crippen molar-refractivity contribution in [2.24, 2.45) is 0 Å². The van der Waals surface area contributed by atoms with Gasteiger partial charge >= 0.3 is 5.97 Å². The van der Waals surface area contributed by atoms with Crippen LogP contribution in [0.15, 0.2) is 42.5 Å². The van der Waals surface area contributed by atoms with Gasteiger partial charge in [-0.05, 0) is 86.2 Å². The average Bonchev–Trinajstić information content (AvgIpc) is 3.36. The van der Waals surface area contributed by atoms with Crippen LogP contribution in [0.5, 0.6) is 0 Å². The summed E-state index contributed by atoms with van der Waals surface area (Å²) in [6.45, 7) is 9.92. The molecule has 0 bridgehead atoms. The van der Waals surface area contributed by atoms with Gasteiger partial charge in [-0.15, -0.1) is 5.10 Å². The third-order valence-electron chi connectivity index (χ3n) is 7.74. The van der Waals surface area contributed by atoms with Gasteiger partial charge in [0, 0.05) is 30.3 Å². The van der Waals surface area contributed by atoms with Gasteiger partial charge in [-0.1, -0.05) is 23.4 Å². The van der Waals surface area contributed by atoms with Gasteiger partial charge in [0.15, 0.2) is 0 Å². The Kier molecular flexibility index (Phi) is 6.97. The van der Waals surface area contributed by atoms with Gasteiger partial charge in [0.05, 0.1) is 31.3 Å². The van der Waals surface area contributed by atoms with Crippen molar-refractivity contribution in [1.82, 2.24) is 24.9 Å². The van der Waals surface area contributed by atoms with E-state index in [1.54, 1.807) is 0 Å². The Hall–Kier alpha value is -4.07. The molecule has 8 nitrogen and oxygen atoms in total. The molecule has 4 aromatic rings. The van der Waals surface area contributed by atoms with Crippen LogP contribution < -0.4 is 0 Å². The monoisotopic (exact) mass is 511 g/mol. The van der Waals surface area contributed by atoms with Gasteiger partial charge in [0.2, 0.25) is 0 Å².